The molecule has 1 heterocycles. The van der Waals surface area contributed by atoms with Crippen LogP contribution in [0.5, 0.6) is 0 Å². The first kappa shape index (κ1) is 14.7. The Labute approximate surface area is 118 Å². The first-order valence-corrected chi connectivity index (χ1v) is 7.07. The van der Waals surface area contributed by atoms with Crippen molar-refractivity contribution < 1.29 is 13.2 Å². The van der Waals surface area contributed by atoms with Gasteiger partial charge < -0.3 is 10.6 Å². The molecule has 0 radical (unpaired) electrons. The lowest BCUT2D eigenvalue weighted by atomic mass is 10.1. The van der Waals surface area contributed by atoms with E-state index < -0.39 is 11.7 Å². The first-order chi connectivity index (χ1) is 8.97. The molecule has 2 N–H and O–H groups in total. The molecule has 1 aromatic carbocycles. The van der Waals surface area contributed by atoms with Crippen LogP contribution in [0.2, 0.25) is 0 Å². The number of benzene rings is 1. The second-order valence-corrected chi connectivity index (χ2v) is 5.62. The molecule has 106 valence electrons. The molecule has 1 aliphatic heterocycles. The molecule has 1 aliphatic rings. The minimum Gasteiger partial charge on any atom is -0.384 e. The average molecular weight is 337 g/mol. The number of rotatable bonds is 4. The molecule has 0 aromatic heterocycles. The van der Waals surface area contributed by atoms with Crippen molar-refractivity contribution in [3.8, 4) is 0 Å². The molecule has 1 aromatic rings. The van der Waals surface area contributed by atoms with Crippen LogP contribution in [-0.4, -0.2) is 19.6 Å². The van der Waals surface area contributed by atoms with Crippen LogP contribution in [0.1, 0.15) is 18.4 Å². The number of alkyl halides is 3. The fraction of sp³-hybridized carbons (Fsp3) is 0.538. The van der Waals surface area contributed by atoms with Crippen molar-refractivity contribution in [2.24, 2.45) is 5.92 Å². The van der Waals surface area contributed by atoms with E-state index in [1.165, 1.54) is 12.5 Å². The van der Waals surface area contributed by atoms with Crippen molar-refractivity contribution in [1.29, 1.82) is 0 Å². The van der Waals surface area contributed by atoms with Crippen LogP contribution < -0.4 is 10.6 Å². The van der Waals surface area contributed by atoms with Crippen molar-refractivity contribution in [2.75, 3.05) is 25.0 Å². The van der Waals surface area contributed by atoms with Gasteiger partial charge in [0.1, 0.15) is 0 Å². The van der Waals surface area contributed by atoms with Gasteiger partial charge in [-0.15, -0.1) is 0 Å². The van der Waals surface area contributed by atoms with Crippen LogP contribution in [0.25, 0.3) is 0 Å². The highest BCUT2D eigenvalue weighted by Crippen LogP contribution is 2.33. The first-order valence-electron chi connectivity index (χ1n) is 6.28. The molecule has 19 heavy (non-hydrogen) atoms. The summed E-state index contributed by atoms with van der Waals surface area (Å²) >= 11 is 3.18. The van der Waals surface area contributed by atoms with Gasteiger partial charge in [0.05, 0.1) is 5.56 Å². The van der Waals surface area contributed by atoms with E-state index >= 15 is 0 Å². The Kier molecular flexibility index (Phi) is 4.73. The summed E-state index contributed by atoms with van der Waals surface area (Å²) in [7, 11) is 0. The standard InChI is InChI=1S/C13H16BrF3N2/c14-11-7-10(13(15,16)17)1-2-12(11)19-6-4-9-3-5-18-8-9/h1-2,7,9,18-19H,3-6,8H2. The number of anilines is 1. The zero-order chi connectivity index (χ0) is 13.9. The summed E-state index contributed by atoms with van der Waals surface area (Å²) in [4.78, 5) is 0. The Balaban J connectivity index is 1.90. The second kappa shape index (κ2) is 6.13. The third-order valence-electron chi connectivity index (χ3n) is 3.33. The van der Waals surface area contributed by atoms with E-state index in [0.717, 1.165) is 38.2 Å². The highest BCUT2D eigenvalue weighted by atomic mass is 79.9. The molecule has 1 saturated heterocycles. The van der Waals surface area contributed by atoms with Crippen LogP contribution in [-0.2, 0) is 6.18 Å². The van der Waals surface area contributed by atoms with Gasteiger partial charge in [0.25, 0.3) is 0 Å². The number of hydrogen-bond acceptors (Lipinski definition) is 2. The van der Waals surface area contributed by atoms with Crippen LogP contribution in [0.3, 0.4) is 0 Å². The van der Waals surface area contributed by atoms with Crippen LogP contribution in [0, 0.1) is 5.92 Å². The number of hydrogen-bond donors (Lipinski definition) is 2. The zero-order valence-electron chi connectivity index (χ0n) is 10.4. The predicted molar refractivity (Wildman–Crippen MR) is 73.2 cm³/mol. The van der Waals surface area contributed by atoms with Gasteiger partial charge in [-0.25, -0.2) is 0 Å². The van der Waals surface area contributed by atoms with Gasteiger partial charge >= 0.3 is 6.18 Å². The van der Waals surface area contributed by atoms with Crippen molar-refractivity contribution in [2.45, 2.75) is 19.0 Å². The average Bonchev–Trinajstić information content (AvgIpc) is 2.83. The summed E-state index contributed by atoms with van der Waals surface area (Å²) in [6.07, 6.45) is -2.09. The fourth-order valence-electron chi connectivity index (χ4n) is 2.21. The maximum Gasteiger partial charge on any atom is 0.416 e. The summed E-state index contributed by atoms with van der Waals surface area (Å²) in [5.74, 6) is 0.667. The summed E-state index contributed by atoms with van der Waals surface area (Å²) in [5.41, 5.74) is 0.0730. The Hall–Kier alpha value is -0.750. The lowest BCUT2D eigenvalue weighted by molar-refractivity contribution is -0.137. The topological polar surface area (TPSA) is 24.1 Å². The van der Waals surface area contributed by atoms with Crippen molar-refractivity contribution >= 4 is 21.6 Å². The van der Waals surface area contributed by atoms with Gasteiger partial charge in [0.2, 0.25) is 0 Å². The number of halogens is 4. The van der Waals surface area contributed by atoms with E-state index in [9.17, 15) is 13.2 Å². The smallest absolute Gasteiger partial charge is 0.384 e. The Bertz CT molecular complexity index is 428. The van der Waals surface area contributed by atoms with Crippen LogP contribution in [0.4, 0.5) is 18.9 Å². The third-order valence-corrected chi connectivity index (χ3v) is 3.98. The summed E-state index contributed by atoms with van der Waals surface area (Å²) in [6, 6.07) is 3.68. The van der Waals surface area contributed by atoms with Gasteiger partial charge in [-0.2, -0.15) is 13.2 Å². The molecule has 1 atom stereocenters. The highest BCUT2D eigenvalue weighted by molar-refractivity contribution is 9.10. The molecule has 0 aliphatic carbocycles. The highest BCUT2D eigenvalue weighted by Gasteiger charge is 2.30. The van der Waals surface area contributed by atoms with Gasteiger partial charge in [0, 0.05) is 16.7 Å². The van der Waals surface area contributed by atoms with Crippen molar-refractivity contribution in [3.63, 3.8) is 0 Å². The van der Waals surface area contributed by atoms with Crippen molar-refractivity contribution in [1.82, 2.24) is 5.32 Å². The summed E-state index contributed by atoms with van der Waals surface area (Å²) in [5, 5.41) is 6.47. The van der Waals surface area contributed by atoms with Crippen LogP contribution >= 0.6 is 15.9 Å². The molecule has 0 amide bonds. The predicted octanol–water partition coefficient (Wildman–Crippen LogP) is 3.88. The molecule has 2 nitrogen and oxygen atoms in total. The maximum absolute atomic E-state index is 12.5. The van der Waals surface area contributed by atoms with E-state index in [1.54, 1.807) is 0 Å². The van der Waals surface area contributed by atoms with E-state index in [4.69, 9.17) is 0 Å². The molecule has 0 saturated carbocycles. The van der Waals surface area contributed by atoms with Gasteiger partial charge in [-0.05, 0) is 66.0 Å². The third kappa shape index (κ3) is 4.11. The molecular weight excluding hydrogens is 321 g/mol. The second-order valence-electron chi connectivity index (χ2n) is 4.77. The SMILES string of the molecule is FC(F)(F)c1ccc(NCCC2CCNC2)c(Br)c1. The van der Waals surface area contributed by atoms with E-state index in [1.807, 2.05) is 0 Å². The number of nitrogens with one attached hydrogen (secondary N) is 2. The maximum atomic E-state index is 12.5. The molecular formula is C13H16BrF3N2. The fourth-order valence-corrected chi connectivity index (χ4v) is 2.73. The Morgan fingerprint density at radius 3 is 2.74 bits per heavy atom. The van der Waals surface area contributed by atoms with Crippen LogP contribution in [0.15, 0.2) is 22.7 Å². The van der Waals surface area contributed by atoms with Gasteiger partial charge in [0.15, 0.2) is 0 Å². The summed E-state index contributed by atoms with van der Waals surface area (Å²) in [6.45, 7) is 2.88. The molecule has 1 fully saturated rings. The molecule has 2 rings (SSSR count). The minimum atomic E-state index is -4.30. The monoisotopic (exact) mass is 336 g/mol. The van der Waals surface area contributed by atoms with Crippen molar-refractivity contribution in [3.05, 3.63) is 28.2 Å². The molecule has 1 unspecified atom stereocenters. The molecule has 0 spiro atoms. The van der Waals surface area contributed by atoms with Gasteiger partial charge in [-0.1, -0.05) is 0 Å². The minimum absolute atomic E-state index is 0.451. The van der Waals surface area contributed by atoms with E-state index in [0.29, 0.717) is 16.1 Å². The lowest BCUT2D eigenvalue weighted by Crippen LogP contribution is -2.13. The zero-order valence-corrected chi connectivity index (χ0v) is 11.9. The lowest BCUT2D eigenvalue weighted by Gasteiger charge is -2.13. The quantitative estimate of drug-likeness (QED) is 0.871. The summed E-state index contributed by atoms with van der Waals surface area (Å²) < 4.78 is 38.0. The van der Waals surface area contributed by atoms with Gasteiger partial charge in [-0.3, -0.25) is 0 Å². The normalized spacial score (nSPS) is 19.7. The molecule has 6 heteroatoms. The Morgan fingerprint density at radius 2 is 2.16 bits per heavy atom. The van der Waals surface area contributed by atoms with E-state index in [-0.39, 0.29) is 0 Å². The largest absolute Gasteiger partial charge is 0.416 e. The van der Waals surface area contributed by atoms with E-state index in [2.05, 4.69) is 26.6 Å². The molecule has 0 bridgehead atoms. The Morgan fingerprint density at radius 1 is 1.37 bits per heavy atom.